The van der Waals surface area contributed by atoms with Crippen molar-refractivity contribution in [2.45, 2.75) is 13.0 Å². The fourth-order valence-corrected chi connectivity index (χ4v) is 6.69. The van der Waals surface area contributed by atoms with Crippen LogP contribution >= 0.6 is 7.92 Å². The van der Waals surface area contributed by atoms with Gasteiger partial charge in [-0.3, -0.25) is 0 Å². The molecule has 0 N–H and O–H groups in total. The molecular weight excluding hydrogens is 732 g/mol. The average Bonchev–Trinajstić information content (AvgIpc) is 3.72. The SMILES string of the molecule is CC([c-]1cccc1)N(C)CCN(C)C.[Au+].[Fe].[cH-]1[cH-][cH-][cH-][cH-]1.c1ccc([PH+](c2ccccc2)c2ccccc2)cc1. The van der Waals surface area contributed by atoms with Crippen LogP contribution in [0.5, 0.6) is 0 Å². The number of benzene rings is 3. The number of hydrogen-bond donors (Lipinski definition) is 0. The van der Waals surface area contributed by atoms with Crippen LogP contribution in [0.15, 0.2) is 146 Å². The maximum absolute atomic E-state index is 2.38. The fraction of sp³-hybridized carbons (Fsp3) is 0.200. The van der Waals surface area contributed by atoms with Gasteiger partial charge >= 0.3 is 22.4 Å². The summed E-state index contributed by atoms with van der Waals surface area (Å²) in [6.07, 6.45) is 0. The zero-order valence-corrected chi connectivity index (χ0v) is 28.2. The molecule has 0 aliphatic rings. The van der Waals surface area contributed by atoms with Crippen molar-refractivity contribution in [3.8, 4) is 0 Å². The average molecular weight is 775 g/mol. The third kappa shape index (κ3) is 12.6. The molecule has 0 fully saturated rings. The van der Waals surface area contributed by atoms with E-state index >= 15 is 0 Å². The van der Waals surface area contributed by atoms with Crippen molar-refractivity contribution in [1.82, 2.24) is 9.80 Å². The van der Waals surface area contributed by atoms with E-state index in [1.54, 1.807) is 0 Å². The Morgan fingerprint density at radius 1 is 0.600 bits per heavy atom. The van der Waals surface area contributed by atoms with Gasteiger partial charge in [-0.15, -0.1) is 5.56 Å². The molecule has 0 saturated carbocycles. The van der Waals surface area contributed by atoms with E-state index in [1.807, 2.05) is 30.3 Å². The minimum atomic E-state index is -0.877. The molecule has 0 amide bonds. The predicted molar refractivity (Wildman–Crippen MR) is 170 cm³/mol. The summed E-state index contributed by atoms with van der Waals surface area (Å²) in [7, 11) is 5.53. The Morgan fingerprint density at radius 3 is 1.27 bits per heavy atom. The van der Waals surface area contributed by atoms with Crippen molar-refractivity contribution in [1.29, 1.82) is 0 Å². The Morgan fingerprint density at radius 2 is 0.950 bits per heavy atom. The van der Waals surface area contributed by atoms with Gasteiger partial charge in [-0.25, -0.2) is 12.1 Å². The zero-order chi connectivity index (χ0) is 27.0. The Bertz CT molecular complexity index is 1100. The van der Waals surface area contributed by atoms with Gasteiger partial charge in [-0.1, -0.05) is 61.5 Å². The molecule has 40 heavy (non-hydrogen) atoms. The van der Waals surface area contributed by atoms with Gasteiger partial charge in [0, 0.05) is 30.2 Å². The van der Waals surface area contributed by atoms with Gasteiger partial charge in [0.25, 0.3) is 0 Å². The van der Waals surface area contributed by atoms with Crippen LogP contribution < -0.4 is 15.9 Å². The zero-order valence-electron chi connectivity index (χ0n) is 23.9. The second-order valence-corrected chi connectivity index (χ2v) is 12.1. The van der Waals surface area contributed by atoms with Gasteiger partial charge in [0.15, 0.2) is 0 Å². The van der Waals surface area contributed by atoms with Crippen molar-refractivity contribution in [3.63, 3.8) is 0 Å². The Kier molecular flexibility index (Phi) is 18.7. The number of nitrogens with zero attached hydrogens (tertiary/aromatic N) is 2. The van der Waals surface area contributed by atoms with Crippen LogP contribution in [0, 0.1) is 0 Å². The molecule has 0 bridgehead atoms. The molecule has 1 unspecified atom stereocenters. The summed E-state index contributed by atoms with van der Waals surface area (Å²) in [6, 6.07) is 51.6. The van der Waals surface area contributed by atoms with Crippen molar-refractivity contribution in [2.24, 2.45) is 0 Å². The van der Waals surface area contributed by atoms with E-state index in [2.05, 4.69) is 153 Å². The normalized spacial score (nSPS) is 10.9. The first-order valence-electron chi connectivity index (χ1n) is 13.3. The Hall–Kier alpha value is -2.03. The summed E-state index contributed by atoms with van der Waals surface area (Å²) in [5, 5.41) is 4.31. The summed E-state index contributed by atoms with van der Waals surface area (Å²) in [5.74, 6) is 0. The molecule has 0 aromatic heterocycles. The minimum absolute atomic E-state index is 0. The van der Waals surface area contributed by atoms with E-state index in [1.165, 1.54) is 21.5 Å². The van der Waals surface area contributed by atoms with Gasteiger partial charge in [-0.05, 0) is 63.6 Å². The molecule has 5 heteroatoms. The predicted octanol–water partition coefficient (Wildman–Crippen LogP) is 6.54. The summed E-state index contributed by atoms with van der Waals surface area (Å²) >= 11 is 0. The molecule has 1 atom stereocenters. The molecule has 220 valence electrons. The second-order valence-electron chi connectivity index (χ2n) is 9.61. The molecule has 5 aromatic carbocycles. The van der Waals surface area contributed by atoms with Gasteiger partial charge in [0.05, 0.1) is 7.92 Å². The molecule has 0 aliphatic heterocycles. The molecule has 5 aromatic rings. The van der Waals surface area contributed by atoms with Crippen molar-refractivity contribution >= 4 is 23.8 Å². The molecule has 0 spiro atoms. The number of likely N-dealkylation sites (N-methyl/N-ethyl adjacent to an activating group) is 2. The van der Waals surface area contributed by atoms with E-state index in [4.69, 9.17) is 0 Å². The first kappa shape index (κ1) is 36.0. The van der Waals surface area contributed by atoms with Gasteiger partial charge < -0.3 is 40.1 Å². The Balaban J connectivity index is 0.000000336. The van der Waals surface area contributed by atoms with Gasteiger partial charge in [0.2, 0.25) is 0 Å². The molecule has 0 aliphatic carbocycles. The van der Waals surface area contributed by atoms with Crippen molar-refractivity contribution < 1.29 is 39.4 Å². The third-order valence-corrected chi connectivity index (χ3v) is 9.21. The van der Waals surface area contributed by atoms with E-state index in [9.17, 15) is 0 Å². The van der Waals surface area contributed by atoms with Crippen LogP contribution in [-0.4, -0.2) is 44.0 Å². The minimum Gasteiger partial charge on any atom is -0.748 e. The molecule has 0 radical (unpaired) electrons. The smallest absolute Gasteiger partial charge is 0.748 e. The van der Waals surface area contributed by atoms with Crippen LogP contribution in [0.3, 0.4) is 0 Å². The van der Waals surface area contributed by atoms with Gasteiger partial charge in [-0.2, -0.15) is 12.1 Å². The summed E-state index contributed by atoms with van der Waals surface area (Å²) in [4.78, 5) is 4.60. The number of hydrogen-bond acceptors (Lipinski definition) is 2. The first-order valence-corrected chi connectivity index (χ1v) is 14.8. The summed E-state index contributed by atoms with van der Waals surface area (Å²) in [5.41, 5.74) is 1.41. The van der Waals surface area contributed by atoms with E-state index in [0.29, 0.717) is 6.04 Å². The van der Waals surface area contributed by atoms with Crippen LogP contribution in [0.2, 0.25) is 0 Å². The largest absolute Gasteiger partial charge is 1.00 e. The van der Waals surface area contributed by atoms with E-state index in [-0.39, 0.29) is 39.4 Å². The quantitative estimate of drug-likeness (QED) is 0.101. The van der Waals surface area contributed by atoms with Crippen molar-refractivity contribution in [2.75, 3.05) is 34.2 Å². The van der Waals surface area contributed by atoms with Crippen LogP contribution in [-0.2, 0) is 39.4 Å². The Labute approximate surface area is 269 Å². The molecular formula is C35H42AuFeN2P-4. The fourth-order valence-electron chi connectivity index (χ4n) is 4.11. The van der Waals surface area contributed by atoms with Crippen molar-refractivity contribution in [3.05, 3.63) is 151 Å². The molecule has 2 nitrogen and oxygen atoms in total. The molecule has 0 heterocycles. The standard InChI is InChI=1S/C18H15P.C12H21N2.C5H5.Au.Fe/c1-4-10-16(11-5-1)19(17-12-6-2-7-13-17)18-14-8-3-9-15-18;1-11(12-7-5-6-8-12)14(4)10-9-13(2)3;1-2-4-5-3-1;;/h1-15H;5-8,11H,9-10H2,1-4H3;1-5H;;/q;-1;-5;+1;/p+1. The first-order chi connectivity index (χ1) is 18.6. The van der Waals surface area contributed by atoms with Crippen LogP contribution in [0.1, 0.15) is 18.5 Å². The van der Waals surface area contributed by atoms with Crippen LogP contribution in [0.25, 0.3) is 0 Å². The maximum Gasteiger partial charge on any atom is 1.00 e. The van der Waals surface area contributed by atoms with Crippen LogP contribution in [0.4, 0.5) is 0 Å². The maximum atomic E-state index is 2.38. The monoisotopic (exact) mass is 774 g/mol. The van der Waals surface area contributed by atoms with E-state index in [0.717, 1.165) is 13.1 Å². The van der Waals surface area contributed by atoms with E-state index < -0.39 is 7.92 Å². The number of rotatable bonds is 8. The summed E-state index contributed by atoms with van der Waals surface area (Å²) in [6.45, 7) is 4.48. The topological polar surface area (TPSA) is 6.48 Å². The third-order valence-electron chi connectivity index (χ3n) is 6.47. The second kappa shape index (κ2) is 20.8. The summed E-state index contributed by atoms with van der Waals surface area (Å²) < 4.78 is 0. The molecule has 0 saturated heterocycles. The molecule has 5 rings (SSSR count). The van der Waals surface area contributed by atoms with Gasteiger partial charge in [0.1, 0.15) is 15.9 Å².